The lowest BCUT2D eigenvalue weighted by Gasteiger charge is -2.43. The van der Waals surface area contributed by atoms with Crippen molar-refractivity contribution in [1.29, 1.82) is 0 Å². The lowest BCUT2D eigenvalue weighted by molar-refractivity contribution is -0.213. The molecule has 0 N–H and O–H groups in total. The van der Waals surface area contributed by atoms with E-state index in [-0.39, 0.29) is 24.6 Å². The molecule has 2 aliphatic heterocycles. The lowest BCUT2D eigenvalue weighted by atomic mass is 9.77. The number of rotatable bonds is 7. The van der Waals surface area contributed by atoms with Gasteiger partial charge in [-0.25, -0.2) is 4.79 Å². The Morgan fingerprint density at radius 3 is 2.72 bits per heavy atom. The first-order valence-electron chi connectivity index (χ1n) is 9.30. The molecule has 0 radical (unpaired) electrons. The third-order valence-corrected chi connectivity index (χ3v) is 5.08. The van der Waals surface area contributed by atoms with Gasteiger partial charge in [0.2, 0.25) is 0 Å². The number of carbonyl (C=O) groups is 1. The monoisotopic (exact) mass is 348 g/mol. The van der Waals surface area contributed by atoms with E-state index < -0.39 is 5.60 Å². The van der Waals surface area contributed by atoms with E-state index in [9.17, 15) is 4.79 Å². The summed E-state index contributed by atoms with van der Waals surface area (Å²) in [6.45, 7) is 4.11. The van der Waals surface area contributed by atoms with Crippen LogP contribution < -0.4 is 0 Å². The maximum absolute atomic E-state index is 12.8. The zero-order valence-corrected chi connectivity index (χ0v) is 14.9. The van der Waals surface area contributed by atoms with E-state index in [2.05, 4.69) is 0 Å². The molecule has 5 heteroatoms. The lowest BCUT2D eigenvalue weighted by Crippen LogP contribution is -2.58. The third kappa shape index (κ3) is 4.22. The van der Waals surface area contributed by atoms with E-state index in [1.54, 1.807) is 0 Å². The van der Waals surface area contributed by atoms with Crippen molar-refractivity contribution in [2.75, 3.05) is 26.4 Å². The summed E-state index contributed by atoms with van der Waals surface area (Å²) in [5.74, 6) is -0.332. The average molecular weight is 348 g/mol. The van der Waals surface area contributed by atoms with Crippen molar-refractivity contribution in [3.8, 4) is 0 Å². The molecule has 0 bridgehead atoms. The van der Waals surface area contributed by atoms with Gasteiger partial charge in [0.05, 0.1) is 25.9 Å². The van der Waals surface area contributed by atoms with Crippen LogP contribution in [0.1, 0.15) is 38.2 Å². The molecule has 3 atom stereocenters. The molecule has 0 aliphatic carbocycles. The molecule has 0 amide bonds. The van der Waals surface area contributed by atoms with Gasteiger partial charge in [0.15, 0.2) is 5.60 Å². The van der Waals surface area contributed by atoms with Crippen LogP contribution in [0.3, 0.4) is 0 Å². The van der Waals surface area contributed by atoms with Gasteiger partial charge in [-0.15, -0.1) is 0 Å². The van der Waals surface area contributed by atoms with Crippen molar-refractivity contribution in [1.82, 2.24) is 0 Å². The van der Waals surface area contributed by atoms with Gasteiger partial charge in [0.25, 0.3) is 0 Å². The predicted molar refractivity (Wildman–Crippen MR) is 93.1 cm³/mol. The number of carbonyl (C=O) groups excluding carboxylic acids is 1. The van der Waals surface area contributed by atoms with Crippen LogP contribution in [-0.4, -0.2) is 44.1 Å². The minimum Gasteiger partial charge on any atom is -0.464 e. The van der Waals surface area contributed by atoms with Crippen molar-refractivity contribution in [3.05, 3.63) is 35.9 Å². The van der Waals surface area contributed by atoms with Gasteiger partial charge in [-0.05, 0) is 38.2 Å². The van der Waals surface area contributed by atoms with Crippen LogP contribution in [0.25, 0.3) is 0 Å². The van der Waals surface area contributed by atoms with Gasteiger partial charge < -0.3 is 18.9 Å². The quantitative estimate of drug-likeness (QED) is 0.709. The topological polar surface area (TPSA) is 54.0 Å². The third-order valence-electron chi connectivity index (χ3n) is 5.08. The second kappa shape index (κ2) is 8.79. The second-order valence-corrected chi connectivity index (χ2v) is 6.74. The molecule has 0 spiro atoms. The Labute approximate surface area is 149 Å². The highest BCUT2D eigenvalue weighted by Gasteiger charge is 2.54. The van der Waals surface area contributed by atoms with Crippen LogP contribution in [-0.2, 0) is 30.3 Å². The Morgan fingerprint density at radius 2 is 2.00 bits per heavy atom. The first-order valence-corrected chi connectivity index (χ1v) is 9.30. The predicted octanol–water partition coefficient (Wildman–Crippen LogP) is 3.11. The summed E-state index contributed by atoms with van der Waals surface area (Å²) in [7, 11) is 0. The molecule has 2 saturated heterocycles. The van der Waals surface area contributed by atoms with E-state index in [1.807, 2.05) is 37.3 Å². The average Bonchev–Trinajstić information content (AvgIpc) is 3.17. The van der Waals surface area contributed by atoms with Crippen LogP contribution in [0, 0.1) is 5.92 Å². The molecule has 1 aromatic rings. The van der Waals surface area contributed by atoms with Gasteiger partial charge in [-0.2, -0.15) is 0 Å². The molecule has 3 rings (SSSR count). The zero-order valence-electron chi connectivity index (χ0n) is 14.9. The standard InChI is InChI=1S/C20H28O5/c1-2-23-19(21)20(15-22-14-16-8-4-3-5-9-16)17(10-6-13-25-20)18-11-7-12-24-18/h3-5,8-9,17-18H,2,6-7,10-15H2,1H3. The first kappa shape index (κ1) is 18.4. The maximum Gasteiger partial charge on any atom is 0.341 e. The summed E-state index contributed by atoms with van der Waals surface area (Å²) < 4.78 is 23.3. The number of ether oxygens (including phenoxy) is 4. The number of hydrogen-bond donors (Lipinski definition) is 0. The fraction of sp³-hybridized carbons (Fsp3) is 0.650. The number of hydrogen-bond acceptors (Lipinski definition) is 5. The summed E-state index contributed by atoms with van der Waals surface area (Å²) in [4.78, 5) is 12.8. The van der Waals surface area contributed by atoms with Crippen molar-refractivity contribution in [2.45, 2.75) is 50.9 Å². The van der Waals surface area contributed by atoms with Crippen molar-refractivity contribution < 1.29 is 23.7 Å². The van der Waals surface area contributed by atoms with Crippen molar-refractivity contribution in [2.24, 2.45) is 5.92 Å². The minimum absolute atomic E-state index is 0.0152. The van der Waals surface area contributed by atoms with Gasteiger partial charge >= 0.3 is 5.97 Å². The molecular formula is C20H28O5. The van der Waals surface area contributed by atoms with Crippen molar-refractivity contribution >= 4 is 5.97 Å². The Balaban J connectivity index is 1.74. The highest BCUT2D eigenvalue weighted by molar-refractivity contribution is 5.80. The van der Waals surface area contributed by atoms with Crippen molar-refractivity contribution in [3.63, 3.8) is 0 Å². The molecule has 25 heavy (non-hydrogen) atoms. The fourth-order valence-electron chi connectivity index (χ4n) is 3.87. The van der Waals surface area contributed by atoms with Gasteiger partial charge in [-0.3, -0.25) is 0 Å². The summed E-state index contributed by atoms with van der Waals surface area (Å²) >= 11 is 0. The molecule has 2 fully saturated rings. The largest absolute Gasteiger partial charge is 0.464 e. The molecule has 3 unspecified atom stereocenters. The SMILES string of the molecule is CCOC(=O)C1(COCc2ccccc2)OCCCC1C1CCCO1. The molecule has 0 aromatic heterocycles. The van der Waals surface area contributed by atoms with Crippen LogP contribution in [0.2, 0.25) is 0 Å². The van der Waals surface area contributed by atoms with E-state index >= 15 is 0 Å². The number of benzene rings is 1. The fourth-order valence-corrected chi connectivity index (χ4v) is 3.87. The van der Waals surface area contributed by atoms with E-state index in [1.165, 1.54) is 0 Å². The zero-order chi connectivity index (χ0) is 17.5. The van der Waals surface area contributed by atoms with E-state index in [4.69, 9.17) is 18.9 Å². The molecule has 1 aromatic carbocycles. The van der Waals surface area contributed by atoms with Gasteiger partial charge in [0, 0.05) is 19.1 Å². The maximum atomic E-state index is 12.8. The van der Waals surface area contributed by atoms with E-state index in [0.29, 0.717) is 19.8 Å². The Hall–Kier alpha value is -1.43. The van der Waals surface area contributed by atoms with Crippen LogP contribution in [0.4, 0.5) is 0 Å². The molecule has 2 aliphatic rings. The Kier molecular flexibility index (Phi) is 6.45. The highest BCUT2D eigenvalue weighted by atomic mass is 16.6. The second-order valence-electron chi connectivity index (χ2n) is 6.74. The van der Waals surface area contributed by atoms with Crippen LogP contribution in [0.15, 0.2) is 30.3 Å². The summed E-state index contributed by atoms with van der Waals surface area (Å²) in [6, 6.07) is 9.95. The van der Waals surface area contributed by atoms with E-state index in [0.717, 1.165) is 37.9 Å². The molecule has 2 heterocycles. The van der Waals surface area contributed by atoms with Gasteiger partial charge in [0.1, 0.15) is 0 Å². The molecule has 0 saturated carbocycles. The number of esters is 1. The molecule has 138 valence electrons. The molecule has 5 nitrogen and oxygen atoms in total. The summed E-state index contributed by atoms with van der Waals surface area (Å²) in [5.41, 5.74) is 0.0175. The summed E-state index contributed by atoms with van der Waals surface area (Å²) in [6.07, 6.45) is 3.88. The first-order chi connectivity index (χ1) is 12.3. The van der Waals surface area contributed by atoms with Crippen LogP contribution >= 0.6 is 0 Å². The Morgan fingerprint density at radius 1 is 1.20 bits per heavy atom. The smallest absolute Gasteiger partial charge is 0.341 e. The van der Waals surface area contributed by atoms with Gasteiger partial charge in [-0.1, -0.05) is 30.3 Å². The van der Waals surface area contributed by atoms with Crippen LogP contribution in [0.5, 0.6) is 0 Å². The summed E-state index contributed by atoms with van der Waals surface area (Å²) in [5, 5.41) is 0. The molecular weight excluding hydrogens is 320 g/mol. The highest BCUT2D eigenvalue weighted by Crippen LogP contribution is 2.39. The minimum atomic E-state index is -1.06. The Bertz CT molecular complexity index is 540. The normalized spacial score (nSPS) is 29.5.